The Balaban J connectivity index is 1.28. The topological polar surface area (TPSA) is 73.4 Å². The SMILES string of the molecule is O=C(CN1CCN(C(=O)C2CCCN2C(=O)c2cccs2)CC1)N1CCOCC1. The van der Waals surface area contributed by atoms with Crippen molar-refractivity contribution in [3.05, 3.63) is 22.4 Å². The molecule has 0 bridgehead atoms. The molecule has 3 aliphatic rings. The molecule has 3 saturated heterocycles. The number of amides is 3. The lowest BCUT2D eigenvalue weighted by atomic mass is 10.1. The highest BCUT2D eigenvalue weighted by Gasteiger charge is 2.38. The molecule has 29 heavy (non-hydrogen) atoms. The van der Waals surface area contributed by atoms with Gasteiger partial charge in [-0.05, 0) is 24.3 Å². The molecule has 3 fully saturated rings. The van der Waals surface area contributed by atoms with E-state index in [1.165, 1.54) is 11.3 Å². The van der Waals surface area contributed by atoms with Gasteiger partial charge in [0.25, 0.3) is 5.91 Å². The number of thiophene rings is 1. The summed E-state index contributed by atoms with van der Waals surface area (Å²) in [6, 6.07) is 3.32. The Bertz CT molecular complexity index is 727. The highest BCUT2D eigenvalue weighted by Crippen LogP contribution is 2.24. The first kappa shape index (κ1) is 20.3. The summed E-state index contributed by atoms with van der Waals surface area (Å²) in [6.07, 6.45) is 1.59. The summed E-state index contributed by atoms with van der Waals surface area (Å²) in [7, 11) is 0. The molecule has 0 aromatic carbocycles. The molecule has 4 rings (SSSR count). The van der Waals surface area contributed by atoms with E-state index in [2.05, 4.69) is 4.90 Å². The molecule has 4 heterocycles. The van der Waals surface area contributed by atoms with Gasteiger partial charge in [0, 0.05) is 45.8 Å². The molecule has 1 aromatic heterocycles. The minimum absolute atomic E-state index is 0.0365. The van der Waals surface area contributed by atoms with Crippen LogP contribution in [0.5, 0.6) is 0 Å². The fraction of sp³-hybridized carbons (Fsp3) is 0.650. The minimum Gasteiger partial charge on any atom is -0.378 e. The Kier molecular flexibility index (Phi) is 6.46. The van der Waals surface area contributed by atoms with Crippen LogP contribution in [0.2, 0.25) is 0 Å². The van der Waals surface area contributed by atoms with Crippen LogP contribution in [0.3, 0.4) is 0 Å². The lowest BCUT2D eigenvalue weighted by Crippen LogP contribution is -2.56. The predicted molar refractivity (Wildman–Crippen MR) is 109 cm³/mol. The third-order valence-corrected chi connectivity index (χ3v) is 6.80. The number of likely N-dealkylation sites (tertiary alicyclic amines) is 1. The maximum Gasteiger partial charge on any atom is 0.264 e. The molecule has 9 heteroatoms. The number of carbonyl (C=O) groups is 3. The average Bonchev–Trinajstić information content (AvgIpc) is 3.46. The van der Waals surface area contributed by atoms with Crippen molar-refractivity contribution < 1.29 is 19.1 Å². The van der Waals surface area contributed by atoms with Crippen molar-refractivity contribution in [2.75, 3.05) is 65.6 Å². The van der Waals surface area contributed by atoms with E-state index in [4.69, 9.17) is 4.74 Å². The summed E-state index contributed by atoms with van der Waals surface area (Å²) < 4.78 is 5.30. The molecule has 0 N–H and O–H groups in total. The summed E-state index contributed by atoms with van der Waals surface area (Å²) in [6.45, 7) is 6.16. The second-order valence-corrected chi connectivity index (χ2v) is 8.68. The molecule has 0 aliphatic carbocycles. The molecular weight excluding hydrogens is 392 g/mol. The van der Waals surface area contributed by atoms with Crippen LogP contribution in [-0.4, -0.2) is 109 Å². The Labute approximate surface area is 175 Å². The number of nitrogens with zero attached hydrogens (tertiary/aromatic N) is 4. The van der Waals surface area contributed by atoms with E-state index in [-0.39, 0.29) is 23.8 Å². The molecule has 0 saturated carbocycles. The molecule has 0 spiro atoms. The maximum absolute atomic E-state index is 13.1. The summed E-state index contributed by atoms with van der Waals surface area (Å²) in [5.41, 5.74) is 0. The van der Waals surface area contributed by atoms with Crippen LogP contribution in [-0.2, 0) is 14.3 Å². The van der Waals surface area contributed by atoms with Gasteiger partial charge >= 0.3 is 0 Å². The monoisotopic (exact) mass is 420 g/mol. The zero-order valence-electron chi connectivity index (χ0n) is 16.6. The molecular formula is C20H28N4O4S. The standard InChI is InChI=1S/C20H28N4O4S/c25-18(22-10-12-28-13-11-22)15-21-6-8-23(9-7-21)19(26)16-3-1-5-24(16)20(27)17-4-2-14-29-17/h2,4,14,16H,1,3,5-13,15H2. The van der Waals surface area contributed by atoms with Gasteiger partial charge in [-0.2, -0.15) is 0 Å². The van der Waals surface area contributed by atoms with Gasteiger partial charge in [0.2, 0.25) is 11.8 Å². The molecule has 158 valence electrons. The number of piperazine rings is 1. The Morgan fingerprint density at radius 1 is 1.00 bits per heavy atom. The van der Waals surface area contributed by atoms with E-state index in [1.54, 1.807) is 4.90 Å². The second-order valence-electron chi connectivity index (χ2n) is 7.73. The van der Waals surface area contributed by atoms with Crippen molar-refractivity contribution in [2.24, 2.45) is 0 Å². The summed E-state index contributed by atoms with van der Waals surface area (Å²) >= 11 is 1.42. The van der Waals surface area contributed by atoms with Crippen LogP contribution in [0.1, 0.15) is 22.5 Å². The van der Waals surface area contributed by atoms with Gasteiger partial charge in [-0.3, -0.25) is 19.3 Å². The number of carbonyl (C=O) groups excluding carboxylic acids is 3. The highest BCUT2D eigenvalue weighted by molar-refractivity contribution is 7.12. The third-order valence-electron chi connectivity index (χ3n) is 5.94. The normalized spacial score (nSPS) is 23.4. The molecule has 3 amide bonds. The number of hydrogen-bond acceptors (Lipinski definition) is 6. The molecule has 8 nitrogen and oxygen atoms in total. The summed E-state index contributed by atoms with van der Waals surface area (Å²) in [5, 5.41) is 1.89. The molecule has 1 atom stereocenters. The summed E-state index contributed by atoms with van der Waals surface area (Å²) in [4.78, 5) is 46.5. The predicted octanol–water partition coefficient (Wildman–Crippen LogP) is 0.356. The Morgan fingerprint density at radius 2 is 1.76 bits per heavy atom. The van der Waals surface area contributed by atoms with E-state index in [0.717, 1.165) is 12.8 Å². The molecule has 1 unspecified atom stereocenters. The van der Waals surface area contributed by atoms with Crippen molar-refractivity contribution in [3.63, 3.8) is 0 Å². The van der Waals surface area contributed by atoms with E-state index in [9.17, 15) is 14.4 Å². The van der Waals surface area contributed by atoms with Gasteiger partial charge in [-0.1, -0.05) is 6.07 Å². The Morgan fingerprint density at radius 3 is 2.45 bits per heavy atom. The van der Waals surface area contributed by atoms with Gasteiger partial charge in [0.05, 0.1) is 24.6 Å². The van der Waals surface area contributed by atoms with Crippen LogP contribution >= 0.6 is 11.3 Å². The molecule has 0 radical (unpaired) electrons. The first-order valence-electron chi connectivity index (χ1n) is 10.3. The minimum atomic E-state index is -0.355. The lowest BCUT2D eigenvalue weighted by molar-refractivity contribution is -0.139. The first-order valence-corrected chi connectivity index (χ1v) is 11.2. The largest absolute Gasteiger partial charge is 0.378 e. The van der Waals surface area contributed by atoms with E-state index >= 15 is 0 Å². The van der Waals surface area contributed by atoms with E-state index < -0.39 is 0 Å². The number of ether oxygens (including phenoxy) is 1. The Hall–Kier alpha value is -1.97. The number of rotatable bonds is 4. The van der Waals surface area contributed by atoms with Crippen LogP contribution in [0.4, 0.5) is 0 Å². The second kappa shape index (κ2) is 9.23. The quantitative estimate of drug-likeness (QED) is 0.703. The van der Waals surface area contributed by atoms with Crippen LogP contribution in [0.15, 0.2) is 17.5 Å². The fourth-order valence-corrected chi connectivity index (χ4v) is 4.93. The van der Waals surface area contributed by atoms with Crippen molar-refractivity contribution in [1.82, 2.24) is 19.6 Å². The number of hydrogen-bond donors (Lipinski definition) is 0. The third kappa shape index (κ3) is 4.62. The van der Waals surface area contributed by atoms with Gasteiger partial charge in [-0.15, -0.1) is 11.3 Å². The average molecular weight is 421 g/mol. The fourth-order valence-electron chi connectivity index (χ4n) is 4.25. The van der Waals surface area contributed by atoms with E-state index in [1.807, 2.05) is 27.3 Å². The maximum atomic E-state index is 13.1. The van der Waals surface area contributed by atoms with Crippen molar-refractivity contribution in [1.29, 1.82) is 0 Å². The van der Waals surface area contributed by atoms with Gasteiger partial charge in [0.1, 0.15) is 6.04 Å². The lowest BCUT2D eigenvalue weighted by Gasteiger charge is -2.38. The smallest absolute Gasteiger partial charge is 0.264 e. The summed E-state index contributed by atoms with van der Waals surface area (Å²) in [5.74, 6) is 0.147. The van der Waals surface area contributed by atoms with Crippen molar-refractivity contribution in [3.8, 4) is 0 Å². The van der Waals surface area contributed by atoms with Crippen LogP contribution in [0.25, 0.3) is 0 Å². The van der Waals surface area contributed by atoms with Gasteiger partial charge in [-0.25, -0.2) is 0 Å². The molecule has 1 aromatic rings. The first-order chi connectivity index (χ1) is 14.1. The zero-order valence-corrected chi connectivity index (χ0v) is 17.4. The van der Waals surface area contributed by atoms with E-state index in [0.29, 0.717) is 70.4 Å². The molecule has 3 aliphatic heterocycles. The van der Waals surface area contributed by atoms with Crippen LogP contribution < -0.4 is 0 Å². The van der Waals surface area contributed by atoms with Gasteiger partial charge in [0.15, 0.2) is 0 Å². The zero-order chi connectivity index (χ0) is 20.2. The van der Waals surface area contributed by atoms with Crippen molar-refractivity contribution >= 4 is 29.1 Å². The van der Waals surface area contributed by atoms with Gasteiger partial charge < -0.3 is 19.4 Å². The highest BCUT2D eigenvalue weighted by atomic mass is 32.1. The number of morpholine rings is 1. The van der Waals surface area contributed by atoms with Crippen molar-refractivity contribution in [2.45, 2.75) is 18.9 Å². The van der Waals surface area contributed by atoms with Crippen LogP contribution in [0, 0.1) is 0 Å².